The maximum absolute atomic E-state index is 13.7. The zero-order valence-corrected chi connectivity index (χ0v) is 10.3. The van der Waals surface area contributed by atoms with E-state index in [-0.39, 0.29) is 22.2 Å². The molecule has 0 bridgehead atoms. The maximum atomic E-state index is 13.7. The number of halogens is 2. The van der Waals surface area contributed by atoms with Crippen molar-refractivity contribution in [1.29, 1.82) is 0 Å². The first-order valence-electron chi connectivity index (χ1n) is 5.41. The quantitative estimate of drug-likeness (QED) is 0.718. The number of fused-ring (bicyclic) bond motifs is 1. The molecule has 1 aromatic heterocycles. The summed E-state index contributed by atoms with van der Waals surface area (Å²) in [6.45, 7) is 0. The van der Waals surface area contributed by atoms with Crippen molar-refractivity contribution in [3.05, 3.63) is 47.4 Å². The van der Waals surface area contributed by atoms with Gasteiger partial charge in [0.25, 0.3) is 0 Å². The molecule has 0 aliphatic heterocycles. The van der Waals surface area contributed by atoms with Gasteiger partial charge in [-0.1, -0.05) is 11.6 Å². The highest BCUT2D eigenvalue weighted by atomic mass is 35.5. The number of nitrogens with zero attached hydrogens (tertiary/aromatic N) is 2. The number of aromatic nitrogens is 2. The maximum Gasteiger partial charge on any atom is 0.152 e. The summed E-state index contributed by atoms with van der Waals surface area (Å²) in [5, 5.41) is 23.7. The van der Waals surface area contributed by atoms with E-state index in [0.29, 0.717) is 10.9 Å². The second-order valence-electron chi connectivity index (χ2n) is 4.07. The molecule has 0 unspecified atom stereocenters. The predicted octanol–water partition coefficient (Wildman–Crippen LogP) is 3.23. The molecule has 4 nitrogen and oxygen atoms in total. The van der Waals surface area contributed by atoms with Crippen LogP contribution >= 0.6 is 11.6 Å². The van der Waals surface area contributed by atoms with Crippen molar-refractivity contribution in [2.24, 2.45) is 0 Å². The molecular formula is C13H8ClFN2O2. The van der Waals surface area contributed by atoms with Crippen molar-refractivity contribution < 1.29 is 14.6 Å². The zero-order valence-electron chi connectivity index (χ0n) is 9.51. The van der Waals surface area contributed by atoms with E-state index in [1.165, 1.54) is 28.9 Å². The Hall–Kier alpha value is -2.27. The van der Waals surface area contributed by atoms with Crippen LogP contribution in [-0.4, -0.2) is 20.0 Å². The third-order valence-corrected chi connectivity index (χ3v) is 3.01. The summed E-state index contributed by atoms with van der Waals surface area (Å²) in [5.41, 5.74) is 0.650. The highest BCUT2D eigenvalue weighted by molar-refractivity contribution is 6.35. The van der Waals surface area contributed by atoms with Crippen molar-refractivity contribution in [2.75, 3.05) is 0 Å². The zero-order chi connectivity index (χ0) is 13.6. The normalized spacial score (nSPS) is 11.1. The first-order valence-corrected chi connectivity index (χ1v) is 5.79. The van der Waals surface area contributed by atoms with Gasteiger partial charge < -0.3 is 10.2 Å². The van der Waals surface area contributed by atoms with Gasteiger partial charge in [-0.3, -0.25) is 0 Å². The number of phenolic OH excluding ortho intramolecular Hbond substituents is 2. The van der Waals surface area contributed by atoms with Crippen molar-refractivity contribution in [2.45, 2.75) is 0 Å². The number of phenols is 2. The van der Waals surface area contributed by atoms with Crippen LogP contribution in [0.4, 0.5) is 4.39 Å². The molecule has 0 aliphatic rings. The number of benzene rings is 2. The van der Waals surface area contributed by atoms with Gasteiger partial charge in [-0.15, -0.1) is 0 Å². The molecule has 2 N–H and O–H groups in total. The summed E-state index contributed by atoms with van der Waals surface area (Å²) in [4.78, 5) is 0. The number of hydrogen-bond acceptors (Lipinski definition) is 3. The average molecular weight is 279 g/mol. The molecule has 0 atom stereocenters. The lowest BCUT2D eigenvalue weighted by Gasteiger charge is -2.02. The van der Waals surface area contributed by atoms with E-state index in [1.807, 2.05) is 0 Å². The second kappa shape index (κ2) is 4.13. The summed E-state index contributed by atoms with van der Waals surface area (Å²) in [6, 6.07) is 6.63. The first kappa shape index (κ1) is 11.8. The van der Waals surface area contributed by atoms with Crippen molar-refractivity contribution in [3.8, 4) is 17.2 Å². The van der Waals surface area contributed by atoms with Crippen LogP contribution in [0.1, 0.15) is 0 Å². The van der Waals surface area contributed by atoms with E-state index in [1.54, 1.807) is 6.20 Å². The minimum absolute atomic E-state index is 0.0169. The Morgan fingerprint density at radius 2 is 1.89 bits per heavy atom. The molecule has 6 heteroatoms. The Labute approximate surface area is 112 Å². The lowest BCUT2D eigenvalue weighted by atomic mass is 10.2. The van der Waals surface area contributed by atoms with Crippen LogP contribution in [0.2, 0.25) is 5.02 Å². The third kappa shape index (κ3) is 1.98. The van der Waals surface area contributed by atoms with Gasteiger partial charge >= 0.3 is 0 Å². The van der Waals surface area contributed by atoms with Crippen molar-refractivity contribution in [3.63, 3.8) is 0 Å². The van der Waals surface area contributed by atoms with Crippen LogP contribution in [0.3, 0.4) is 0 Å². The Bertz CT molecular complexity index is 786. The van der Waals surface area contributed by atoms with Crippen LogP contribution in [0.25, 0.3) is 16.6 Å². The third-order valence-electron chi connectivity index (χ3n) is 2.72. The molecule has 0 saturated carbocycles. The highest BCUT2D eigenvalue weighted by Crippen LogP contribution is 2.29. The molecule has 0 aliphatic carbocycles. The molecule has 0 spiro atoms. The fraction of sp³-hybridized carbons (Fsp3) is 0. The van der Waals surface area contributed by atoms with Gasteiger partial charge in [-0.2, -0.15) is 5.10 Å². The van der Waals surface area contributed by atoms with Gasteiger partial charge in [0.1, 0.15) is 22.7 Å². The minimum Gasteiger partial charge on any atom is -0.508 e. The summed E-state index contributed by atoms with van der Waals surface area (Å²) in [6.07, 6.45) is 1.55. The Balaban J connectivity index is 2.23. The summed E-state index contributed by atoms with van der Waals surface area (Å²) in [5.74, 6) is -0.745. The summed E-state index contributed by atoms with van der Waals surface area (Å²) < 4.78 is 15.1. The molecular weight excluding hydrogens is 271 g/mol. The van der Waals surface area contributed by atoms with E-state index < -0.39 is 5.82 Å². The molecule has 0 saturated heterocycles. The topological polar surface area (TPSA) is 58.3 Å². The highest BCUT2D eigenvalue weighted by Gasteiger charge is 2.11. The SMILES string of the molecule is Oc1ccc(-n2cc3cc(O)cc(Cl)c3n2)c(F)c1. The van der Waals surface area contributed by atoms with Crippen molar-refractivity contribution in [1.82, 2.24) is 9.78 Å². The minimum atomic E-state index is -0.604. The molecule has 1 heterocycles. The number of aromatic hydroxyl groups is 2. The van der Waals surface area contributed by atoms with Gasteiger partial charge in [0.15, 0.2) is 5.82 Å². The van der Waals surface area contributed by atoms with E-state index in [4.69, 9.17) is 11.6 Å². The molecule has 96 valence electrons. The van der Waals surface area contributed by atoms with Gasteiger partial charge in [-0.05, 0) is 18.2 Å². The second-order valence-corrected chi connectivity index (χ2v) is 4.48. The van der Waals surface area contributed by atoms with Gasteiger partial charge in [-0.25, -0.2) is 9.07 Å². The fourth-order valence-corrected chi connectivity index (χ4v) is 2.14. The Morgan fingerprint density at radius 3 is 2.63 bits per heavy atom. The van der Waals surface area contributed by atoms with Crippen molar-refractivity contribution >= 4 is 22.5 Å². The molecule has 2 aromatic carbocycles. The van der Waals surface area contributed by atoms with E-state index in [9.17, 15) is 14.6 Å². The standard InChI is InChI=1S/C13H8ClFN2O2/c14-10-4-9(19)3-7-6-17(16-13(7)10)12-2-1-8(18)5-11(12)15/h1-6,18-19H. The van der Waals surface area contributed by atoms with Gasteiger partial charge in [0, 0.05) is 23.7 Å². The lowest BCUT2D eigenvalue weighted by Crippen LogP contribution is -1.97. The molecule has 3 rings (SSSR count). The Kier molecular flexibility index (Phi) is 2.57. The lowest BCUT2D eigenvalue weighted by molar-refractivity contribution is 0.468. The smallest absolute Gasteiger partial charge is 0.152 e. The number of hydrogen-bond donors (Lipinski definition) is 2. The molecule has 0 fully saturated rings. The summed E-state index contributed by atoms with van der Waals surface area (Å²) >= 11 is 5.96. The monoisotopic (exact) mass is 278 g/mol. The van der Waals surface area contributed by atoms with Crippen LogP contribution < -0.4 is 0 Å². The van der Waals surface area contributed by atoms with Crippen LogP contribution in [0.15, 0.2) is 36.5 Å². The van der Waals surface area contributed by atoms with E-state index in [0.717, 1.165) is 6.07 Å². The largest absolute Gasteiger partial charge is 0.508 e. The molecule has 0 radical (unpaired) electrons. The predicted molar refractivity (Wildman–Crippen MR) is 69.4 cm³/mol. The van der Waals surface area contributed by atoms with Gasteiger partial charge in [0.2, 0.25) is 0 Å². The van der Waals surface area contributed by atoms with Crippen LogP contribution in [0, 0.1) is 5.82 Å². The fourth-order valence-electron chi connectivity index (χ4n) is 1.88. The number of rotatable bonds is 1. The summed E-state index contributed by atoms with van der Waals surface area (Å²) in [7, 11) is 0. The van der Waals surface area contributed by atoms with E-state index >= 15 is 0 Å². The van der Waals surface area contributed by atoms with E-state index in [2.05, 4.69) is 5.10 Å². The van der Waals surface area contributed by atoms with Gasteiger partial charge in [0.05, 0.1) is 5.02 Å². The first-order chi connectivity index (χ1) is 9.04. The van der Waals surface area contributed by atoms with Crippen LogP contribution in [0.5, 0.6) is 11.5 Å². The Morgan fingerprint density at radius 1 is 1.11 bits per heavy atom. The molecule has 3 aromatic rings. The average Bonchev–Trinajstić information content (AvgIpc) is 2.72. The van der Waals surface area contributed by atoms with Crippen LogP contribution in [-0.2, 0) is 0 Å². The molecule has 0 amide bonds. The molecule has 19 heavy (non-hydrogen) atoms.